The minimum atomic E-state index is -0.566. The molecular formula is C19H11F2N3O2S. The monoisotopic (exact) mass is 383 g/mol. The molecule has 3 aromatic rings. The van der Waals surface area contributed by atoms with Crippen LogP contribution in [0.3, 0.4) is 0 Å². The van der Waals surface area contributed by atoms with Crippen molar-refractivity contribution >= 4 is 35.0 Å². The van der Waals surface area contributed by atoms with Gasteiger partial charge in [-0.05, 0) is 36.4 Å². The third kappa shape index (κ3) is 3.52. The van der Waals surface area contributed by atoms with Gasteiger partial charge in [-0.3, -0.25) is 14.6 Å². The predicted octanol–water partition coefficient (Wildman–Crippen LogP) is 4.33. The Morgan fingerprint density at radius 2 is 1.81 bits per heavy atom. The van der Waals surface area contributed by atoms with E-state index in [4.69, 9.17) is 0 Å². The van der Waals surface area contributed by atoms with E-state index in [0.717, 1.165) is 17.2 Å². The van der Waals surface area contributed by atoms with Gasteiger partial charge in [0.15, 0.2) is 0 Å². The van der Waals surface area contributed by atoms with Crippen molar-refractivity contribution in [3.8, 4) is 0 Å². The molecular weight excluding hydrogens is 372 g/mol. The topological polar surface area (TPSA) is 71.1 Å². The van der Waals surface area contributed by atoms with E-state index in [2.05, 4.69) is 15.6 Å². The summed E-state index contributed by atoms with van der Waals surface area (Å²) in [5.74, 6) is -2.00. The number of halogens is 2. The Morgan fingerprint density at radius 3 is 2.63 bits per heavy atom. The fraction of sp³-hybridized carbons (Fsp3) is 0. The van der Waals surface area contributed by atoms with Gasteiger partial charge in [0.25, 0.3) is 11.8 Å². The Hall–Kier alpha value is -3.26. The summed E-state index contributed by atoms with van der Waals surface area (Å²) in [5.41, 5.74) is 1.16. The van der Waals surface area contributed by atoms with Crippen molar-refractivity contribution in [3.63, 3.8) is 0 Å². The highest BCUT2D eigenvalue weighted by Gasteiger charge is 2.21. The average Bonchev–Trinajstić information content (AvgIpc) is 2.77. The third-order valence-corrected chi connectivity index (χ3v) is 5.01. The molecule has 2 amide bonds. The van der Waals surface area contributed by atoms with Crippen LogP contribution in [0.4, 0.5) is 20.2 Å². The van der Waals surface area contributed by atoms with E-state index < -0.39 is 23.4 Å². The van der Waals surface area contributed by atoms with Crippen LogP contribution in [0.2, 0.25) is 0 Å². The summed E-state index contributed by atoms with van der Waals surface area (Å²) in [6.07, 6.45) is 2.36. The van der Waals surface area contributed by atoms with Crippen LogP contribution < -0.4 is 10.6 Å². The Bertz CT molecular complexity index is 1090. The van der Waals surface area contributed by atoms with Crippen molar-refractivity contribution in [2.45, 2.75) is 9.79 Å². The van der Waals surface area contributed by atoms with Gasteiger partial charge in [-0.2, -0.15) is 0 Å². The molecule has 0 fully saturated rings. The Morgan fingerprint density at radius 1 is 1.00 bits per heavy atom. The first-order valence-electron chi connectivity index (χ1n) is 7.84. The molecule has 0 atom stereocenters. The molecule has 2 N–H and O–H groups in total. The van der Waals surface area contributed by atoms with Gasteiger partial charge in [-0.1, -0.05) is 11.8 Å². The molecule has 2 heterocycles. The zero-order chi connectivity index (χ0) is 19.0. The Balaban J connectivity index is 1.63. The van der Waals surface area contributed by atoms with Gasteiger partial charge in [0.05, 0.1) is 29.3 Å². The van der Waals surface area contributed by atoms with E-state index >= 15 is 0 Å². The Labute approximate surface area is 156 Å². The SMILES string of the molecule is O=C(Nc1cncc(F)c1)c1ccc2c(c1)NC(=O)c1cc(F)ccc1S2. The number of carbonyl (C=O) groups excluding carboxylic acids is 2. The average molecular weight is 383 g/mol. The molecule has 1 aromatic heterocycles. The predicted molar refractivity (Wildman–Crippen MR) is 97.1 cm³/mol. The van der Waals surface area contributed by atoms with Crippen LogP contribution in [0, 0.1) is 11.6 Å². The molecule has 8 heteroatoms. The molecule has 27 heavy (non-hydrogen) atoms. The van der Waals surface area contributed by atoms with E-state index in [1.54, 1.807) is 18.2 Å². The highest BCUT2D eigenvalue weighted by Crippen LogP contribution is 2.39. The number of benzene rings is 2. The van der Waals surface area contributed by atoms with Crippen molar-refractivity contribution in [3.05, 3.63) is 77.6 Å². The molecule has 1 aliphatic heterocycles. The summed E-state index contributed by atoms with van der Waals surface area (Å²) in [5, 5.41) is 5.24. The molecule has 4 rings (SSSR count). The van der Waals surface area contributed by atoms with E-state index in [9.17, 15) is 18.4 Å². The largest absolute Gasteiger partial charge is 0.321 e. The van der Waals surface area contributed by atoms with E-state index in [1.165, 1.54) is 36.2 Å². The van der Waals surface area contributed by atoms with Gasteiger partial charge in [0, 0.05) is 21.4 Å². The first kappa shape index (κ1) is 17.2. The number of anilines is 2. The number of hydrogen-bond acceptors (Lipinski definition) is 4. The number of nitrogens with one attached hydrogen (secondary N) is 2. The van der Waals surface area contributed by atoms with Gasteiger partial charge < -0.3 is 10.6 Å². The molecule has 2 aromatic carbocycles. The summed E-state index contributed by atoms with van der Waals surface area (Å²) in [7, 11) is 0. The molecule has 1 aliphatic rings. The minimum absolute atomic E-state index is 0.219. The standard InChI is InChI=1S/C19H11F2N3O2S/c20-11-2-4-16-14(7-11)19(26)24-15-5-10(1-3-17(15)27-16)18(25)23-13-6-12(21)8-22-9-13/h1-9H,(H,23,25)(H,24,26). The quantitative estimate of drug-likeness (QED) is 0.691. The second-order valence-corrected chi connectivity index (χ2v) is 6.84. The van der Waals surface area contributed by atoms with Crippen LogP contribution in [-0.4, -0.2) is 16.8 Å². The zero-order valence-corrected chi connectivity index (χ0v) is 14.4. The maximum atomic E-state index is 13.5. The molecule has 0 radical (unpaired) electrons. The lowest BCUT2D eigenvalue weighted by Gasteiger charge is -2.09. The number of aromatic nitrogens is 1. The number of rotatable bonds is 2. The van der Waals surface area contributed by atoms with Crippen LogP contribution in [0.15, 0.2) is 64.6 Å². The second-order valence-electron chi connectivity index (χ2n) is 5.75. The molecule has 0 saturated carbocycles. The lowest BCUT2D eigenvalue weighted by Crippen LogP contribution is -2.15. The van der Waals surface area contributed by atoms with Crippen molar-refractivity contribution in [2.24, 2.45) is 0 Å². The third-order valence-electron chi connectivity index (χ3n) is 3.86. The molecule has 134 valence electrons. The second kappa shape index (κ2) is 6.81. The normalized spacial score (nSPS) is 12.4. The van der Waals surface area contributed by atoms with Gasteiger partial charge in [-0.25, -0.2) is 8.78 Å². The molecule has 5 nitrogen and oxygen atoms in total. The number of fused-ring (bicyclic) bond motifs is 2. The van der Waals surface area contributed by atoms with Crippen molar-refractivity contribution in [1.82, 2.24) is 4.98 Å². The summed E-state index contributed by atoms with van der Waals surface area (Å²) < 4.78 is 26.7. The Kier molecular flexibility index (Phi) is 4.33. The van der Waals surface area contributed by atoms with Crippen LogP contribution in [0.25, 0.3) is 0 Å². The first-order chi connectivity index (χ1) is 13.0. The fourth-order valence-electron chi connectivity index (χ4n) is 2.62. The maximum Gasteiger partial charge on any atom is 0.256 e. The maximum absolute atomic E-state index is 13.5. The van der Waals surface area contributed by atoms with E-state index in [-0.39, 0.29) is 16.8 Å². The highest BCUT2D eigenvalue weighted by molar-refractivity contribution is 7.99. The molecule has 0 bridgehead atoms. The highest BCUT2D eigenvalue weighted by atomic mass is 32.2. The summed E-state index contributed by atoms with van der Waals surface area (Å²) in [6, 6.07) is 9.96. The van der Waals surface area contributed by atoms with E-state index in [0.29, 0.717) is 10.6 Å². The van der Waals surface area contributed by atoms with Gasteiger partial charge in [0.2, 0.25) is 0 Å². The number of carbonyl (C=O) groups is 2. The number of nitrogens with zero attached hydrogens (tertiary/aromatic N) is 1. The summed E-state index contributed by atoms with van der Waals surface area (Å²) in [6.45, 7) is 0. The van der Waals surface area contributed by atoms with E-state index in [1.807, 2.05) is 0 Å². The van der Waals surface area contributed by atoms with Gasteiger partial charge >= 0.3 is 0 Å². The van der Waals surface area contributed by atoms with Crippen molar-refractivity contribution < 1.29 is 18.4 Å². The number of hydrogen-bond donors (Lipinski definition) is 2. The lowest BCUT2D eigenvalue weighted by atomic mass is 10.1. The fourth-order valence-corrected chi connectivity index (χ4v) is 3.61. The van der Waals surface area contributed by atoms with Gasteiger partial charge in [0.1, 0.15) is 11.6 Å². The van der Waals surface area contributed by atoms with Crippen LogP contribution in [0.5, 0.6) is 0 Å². The van der Waals surface area contributed by atoms with Crippen LogP contribution in [-0.2, 0) is 0 Å². The molecule has 0 saturated heterocycles. The van der Waals surface area contributed by atoms with Gasteiger partial charge in [-0.15, -0.1) is 0 Å². The zero-order valence-electron chi connectivity index (χ0n) is 13.6. The van der Waals surface area contributed by atoms with Crippen LogP contribution >= 0.6 is 11.8 Å². The van der Waals surface area contributed by atoms with Crippen molar-refractivity contribution in [1.29, 1.82) is 0 Å². The number of pyridine rings is 1. The summed E-state index contributed by atoms with van der Waals surface area (Å²) >= 11 is 1.30. The minimum Gasteiger partial charge on any atom is -0.321 e. The van der Waals surface area contributed by atoms with Crippen LogP contribution in [0.1, 0.15) is 20.7 Å². The lowest BCUT2D eigenvalue weighted by molar-refractivity contribution is 0.101. The molecule has 0 unspecified atom stereocenters. The molecule has 0 spiro atoms. The summed E-state index contributed by atoms with van der Waals surface area (Å²) in [4.78, 5) is 29.8. The van der Waals surface area contributed by atoms with Crippen molar-refractivity contribution in [2.75, 3.05) is 10.6 Å². The first-order valence-corrected chi connectivity index (χ1v) is 8.66. The molecule has 0 aliphatic carbocycles. The smallest absolute Gasteiger partial charge is 0.256 e. The number of amides is 2.